The molecule has 0 fully saturated rings. The van der Waals surface area contributed by atoms with E-state index < -0.39 is 0 Å². The maximum absolute atomic E-state index is 4.75. The number of para-hydroxylation sites is 2. The van der Waals surface area contributed by atoms with Gasteiger partial charge in [0.1, 0.15) is 0 Å². The van der Waals surface area contributed by atoms with Crippen LogP contribution in [0.3, 0.4) is 0 Å². The SMILES string of the molecule is c1ccc(NCc2cc(-c3ccccc3)nc(-c3cccnc3)n2)cc1.c1ccc(NCc2nc(-c3ccccc3)nc(-c3cccnc3)n2)cc1. The third-order valence-electron chi connectivity index (χ3n) is 7.87. The van der Waals surface area contributed by atoms with Gasteiger partial charge in [-0.1, -0.05) is 97.1 Å². The van der Waals surface area contributed by atoms with Crippen LogP contribution in [0.25, 0.3) is 45.4 Å². The van der Waals surface area contributed by atoms with E-state index in [1.54, 1.807) is 24.8 Å². The highest BCUT2D eigenvalue weighted by molar-refractivity contribution is 5.64. The van der Waals surface area contributed by atoms with Crippen LogP contribution in [0.15, 0.2) is 176 Å². The highest BCUT2D eigenvalue weighted by atomic mass is 15.1. The predicted octanol–water partition coefficient (Wildman–Crippen LogP) is 9.03. The van der Waals surface area contributed by atoms with Crippen molar-refractivity contribution in [3.8, 4) is 45.4 Å². The highest BCUT2D eigenvalue weighted by Gasteiger charge is 2.11. The Morgan fingerprint density at radius 1 is 0.385 bits per heavy atom. The van der Waals surface area contributed by atoms with Gasteiger partial charge in [-0.3, -0.25) is 9.97 Å². The summed E-state index contributed by atoms with van der Waals surface area (Å²) in [6.07, 6.45) is 7.04. The van der Waals surface area contributed by atoms with Gasteiger partial charge in [0.2, 0.25) is 0 Å². The number of hydrogen-bond donors (Lipinski definition) is 2. The molecule has 0 radical (unpaired) electrons. The van der Waals surface area contributed by atoms with Crippen LogP contribution in [0.2, 0.25) is 0 Å². The minimum absolute atomic E-state index is 0.514. The Labute approximate surface area is 302 Å². The maximum atomic E-state index is 4.75. The molecule has 0 aliphatic rings. The van der Waals surface area contributed by atoms with Gasteiger partial charge in [-0.2, -0.15) is 0 Å². The highest BCUT2D eigenvalue weighted by Crippen LogP contribution is 2.23. The Morgan fingerprint density at radius 3 is 1.38 bits per heavy atom. The van der Waals surface area contributed by atoms with E-state index in [0.717, 1.165) is 45.0 Å². The molecule has 8 aromatic rings. The zero-order valence-corrected chi connectivity index (χ0v) is 28.3. The van der Waals surface area contributed by atoms with Gasteiger partial charge in [0, 0.05) is 58.4 Å². The Kier molecular flexibility index (Phi) is 10.9. The molecule has 9 nitrogen and oxygen atoms in total. The molecule has 52 heavy (non-hydrogen) atoms. The second-order valence-corrected chi connectivity index (χ2v) is 11.6. The number of benzene rings is 4. The van der Waals surface area contributed by atoms with Gasteiger partial charge in [-0.05, 0) is 54.6 Å². The minimum atomic E-state index is 0.514. The Morgan fingerprint density at radius 2 is 0.846 bits per heavy atom. The number of anilines is 2. The fraction of sp³-hybridized carbons (Fsp3) is 0.0465. The Bertz CT molecular complexity index is 1990. The van der Waals surface area contributed by atoms with E-state index in [4.69, 9.17) is 9.97 Å². The normalized spacial score (nSPS) is 10.5. The number of nitrogens with zero attached hydrogens (tertiary/aromatic N) is 7. The average Bonchev–Trinajstić information content (AvgIpc) is 3.24. The molecule has 0 bridgehead atoms. The third kappa shape index (κ3) is 9.10. The smallest absolute Gasteiger partial charge is 0.165 e. The van der Waals surface area contributed by atoms with Crippen LogP contribution in [-0.2, 0) is 13.1 Å². The molecule has 0 saturated carbocycles. The van der Waals surface area contributed by atoms with Crippen molar-refractivity contribution in [2.24, 2.45) is 0 Å². The van der Waals surface area contributed by atoms with Crippen molar-refractivity contribution in [2.75, 3.05) is 10.6 Å². The molecule has 0 atom stereocenters. The first kappa shape index (κ1) is 33.4. The van der Waals surface area contributed by atoms with Crippen LogP contribution in [0.1, 0.15) is 11.5 Å². The molecule has 8 rings (SSSR count). The Hall–Kier alpha value is -7.13. The zero-order chi connectivity index (χ0) is 35.2. The second kappa shape index (κ2) is 17.0. The van der Waals surface area contributed by atoms with Crippen molar-refractivity contribution >= 4 is 11.4 Å². The van der Waals surface area contributed by atoms with E-state index in [1.807, 2.05) is 140 Å². The zero-order valence-electron chi connectivity index (χ0n) is 28.3. The summed E-state index contributed by atoms with van der Waals surface area (Å²) in [5.41, 5.74) is 7.74. The molecule has 2 N–H and O–H groups in total. The molecule has 252 valence electrons. The number of nitrogens with one attached hydrogen (secondary N) is 2. The summed E-state index contributed by atoms with van der Waals surface area (Å²) < 4.78 is 0. The largest absolute Gasteiger partial charge is 0.379 e. The summed E-state index contributed by atoms with van der Waals surface area (Å²) in [6, 6.07) is 49.9. The van der Waals surface area contributed by atoms with Crippen molar-refractivity contribution in [3.63, 3.8) is 0 Å². The van der Waals surface area contributed by atoms with Crippen LogP contribution in [0, 0.1) is 0 Å². The molecule has 0 saturated heterocycles. The molecule has 0 aliphatic heterocycles. The van der Waals surface area contributed by atoms with E-state index in [2.05, 4.69) is 47.7 Å². The average molecular weight is 678 g/mol. The topological polar surface area (TPSA) is 114 Å². The van der Waals surface area contributed by atoms with E-state index in [0.29, 0.717) is 36.4 Å². The van der Waals surface area contributed by atoms with Gasteiger partial charge in [0.15, 0.2) is 23.3 Å². The number of pyridine rings is 2. The van der Waals surface area contributed by atoms with Crippen molar-refractivity contribution in [1.29, 1.82) is 0 Å². The minimum Gasteiger partial charge on any atom is -0.379 e. The number of hydrogen-bond acceptors (Lipinski definition) is 9. The summed E-state index contributed by atoms with van der Waals surface area (Å²) in [7, 11) is 0. The van der Waals surface area contributed by atoms with Crippen molar-refractivity contribution in [2.45, 2.75) is 13.1 Å². The quantitative estimate of drug-likeness (QED) is 0.146. The first-order valence-corrected chi connectivity index (χ1v) is 16.9. The standard InChI is InChI=1S/C22H18N4.C21H17N5/c1-3-8-17(9-4-1)21-14-20(16-24-19-11-5-2-6-12-19)25-22(26-21)18-10-7-13-23-15-18;1-3-8-16(9-4-1)20-24-19(15-23-18-11-5-2-6-12-18)25-21(26-20)17-10-7-13-22-14-17/h1-15,24H,16H2;1-14,23H,15H2. The van der Waals surface area contributed by atoms with Crippen LogP contribution < -0.4 is 10.6 Å². The van der Waals surface area contributed by atoms with Crippen LogP contribution in [-0.4, -0.2) is 34.9 Å². The molecular weight excluding hydrogens is 643 g/mol. The second-order valence-electron chi connectivity index (χ2n) is 11.6. The van der Waals surface area contributed by atoms with Gasteiger partial charge in [-0.15, -0.1) is 0 Å². The van der Waals surface area contributed by atoms with E-state index >= 15 is 0 Å². The van der Waals surface area contributed by atoms with Gasteiger partial charge >= 0.3 is 0 Å². The summed E-state index contributed by atoms with van der Waals surface area (Å²) >= 11 is 0. The lowest BCUT2D eigenvalue weighted by atomic mass is 10.1. The maximum Gasteiger partial charge on any atom is 0.165 e. The first-order valence-electron chi connectivity index (χ1n) is 16.9. The van der Waals surface area contributed by atoms with Crippen molar-refractivity contribution < 1.29 is 0 Å². The number of aromatic nitrogens is 7. The molecular formula is C43H35N9. The lowest BCUT2D eigenvalue weighted by Gasteiger charge is -2.10. The van der Waals surface area contributed by atoms with Gasteiger partial charge in [-0.25, -0.2) is 24.9 Å². The van der Waals surface area contributed by atoms with E-state index in [1.165, 1.54) is 0 Å². The van der Waals surface area contributed by atoms with Crippen molar-refractivity contribution in [1.82, 2.24) is 34.9 Å². The lowest BCUT2D eigenvalue weighted by Crippen LogP contribution is -2.08. The summed E-state index contributed by atoms with van der Waals surface area (Å²) in [5.74, 6) is 2.65. The van der Waals surface area contributed by atoms with Crippen LogP contribution in [0.5, 0.6) is 0 Å². The fourth-order valence-corrected chi connectivity index (χ4v) is 5.29. The molecule has 4 heterocycles. The molecule has 9 heteroatoms. The fourth-order valence-electron chi connectivity index (χ4n) is 5.29. The molecule has 0 amide bonds. The summed E-state index contributed by atoms with van der Waals surface area (Å²) in [5, 5.41) is 6.76. The van der Waals surface area contributed by atoms with E-state index in [-0.39, 0.29) is 0 Å². The summed E-state index contributed by atoms with van der Waals surface area (Å²) in [6.45, 7) is 1.14. The van der Waals surface area contributed by atoms with Gasteiger partial charge in [0.05, 0.1) is 24.5 Å². The molecule has 4 aromatic heterocycles. The molecule has 0 unspecified atom stereocenters. The third-order valence-corrected chi connectivity index (χ3v) is 7.87. The monoisotopic (exact) mass is 677 g/mol. The van der Waals surface area contributed by atoms with E-state index in [9.17, 15) is 0 Å². The van der Waals surface area contributed by atoms with Crippen molar-refractivity contribution in [3.05, 3.63) is 188 Å². The molecule has 0 aliphatic carbocycles. The van der Waals surface area contributed by atoms with Gasteiger partial charge < -0.3 is 10.6 Å². The molecule has 4 aromatic carbocycles. The van der Waals surface area contributed by atoms with Crippen LogP contribution >= 0.6 is 0 Å². The van der Waals surface area contributed by atoms with Crippen LogP contribution in [0.4, 0.5) is 11.4 Å². The number of rotatable bonds is 10. The Balaban J connectivity index is 0.000000162. The van der Waals surface area contributed by atoms with Gasteiger partial charge in [0.25, 0.3) is 0 Å². The summed E-state index contributed by atoms with van der Waals surface area (Å²) in [4.78, 5) is 31.7. The lowest BCUT2D eigenvalue weighted by molar-refractivity contribution is 0.917. The molecule has 0 spiro atoms. The predicted molar refractivity (Wildman–Crippen MR) is 207 cm³/mol. The first-order chi connectivity index (χ1) is 25.8.